The van der Waals surface area contributed by atoms with Crippen molar-refractivity contribution < 1.29 is 19.4 Å². The molecule has 1 aromatic carbocycles. The zero-order valence-corrected chi connectivity index (χ0v) is 22.4. The van der Waals surface area contributed by atoms with Gasteiger partial charge in [0.05, 0.1) is 17.3 Å². The minimum Gasteiger partial charge on any atom is -0.481 e. The second-order valence-corrected chi connectivity index (χ2v) is 9.18. The van der Waals surface area contributed by atoms with Gasteiger partial charge in [0.2, 0.25) is 5.90 Å². The minimum absolute atomic E-state index is 0.165. The Balaban J connectivity index is 0.00000186. The summed E-state index contributed by atoms with van der Waals surface area (Å²) in [6.07, 6.45) is 2.52. The zero-order chi connectivity index (χ0) is 27.3. The van der Waals surface area contributed by atoms with Gasteiger partial charge in [-0.3, -0.25) is 19.9 Å². The third kappa shape index (κ3) is 6.11. The number of rotatable bonds is 7. The van der Waals surface area contributed by atoms with Crippen molar-refractivity contribution in [3.63, 3.8) is 0 Å². The van der Waals surface area contributed by atoms with Crippen LogP contribution in [-0.2, 0) is 14.3 Å². The highest BCUT2D eigenvalue weighted by Crippen LogP contribution is 2.46. The molecule has 196 valence electrons. The van der Waals surface area contributed by atoms with Gasteiger partial charge in [-0.15, -0.1) is 0 Å². The lowest BCUT2D eigenvalue weighted by Crippen LogP contribution is -2.38. The van der Waals surface area contributed by atoms with E-state index in [1.807, 2.05) is 26.8 Å². The zero-order valence-electron chi connectivity index (χ0n) is 22.4. The van der Waals surface area contributed by atoms with E-state index in [1.165, 1.54) is 10.5 Å². The van der Waals surface area contributed by atoms with E-state index in [4.69, 9.17) is 15.3 Å². The smallest absolute Gasteiger partial charge is 0.308 e. The fourth-order valence-corrected chi connectivity index (χ4v) is 4.27. The van der Waals surface area contributed by atoms with Crippen LogP contribution in [0, 0.1) is 37.0 Å². The van der Waals surface area contributed by atoms with Crippen LogP contribution in [0.1, 0.15) is 74.8 Å². The number of carbonyl (C=O) groups is 2. The highest BCUT2D eigenvalue weighted by Gasteiger charge is 2.37. The standard InChI is InChI=1S/C27H30N4O4.C2H6/c1-5-6-24(32)31(22-12-16(3)15(2)11-20(22)17-7-8-17)23-10-9-21(29-4)25(30-23)26(28)35-19-13-18(14-19)27(33)34;1-2/h9-12,17-19,28-29H,7-8,13-14H2,1-4H3,(H,33,34);1-2H3. The van der Waals surface area contributed by atoms with Crippen molar-refractivity contribution in [1.82, 2.24) is 4.98 Å². The Morgan fingerprint density at radius 3 is 2.38 bits per heavy atom. The molecule has 1 aromatic heterocycles. The molecule has 0 bridgehead atoms. The lowest BCUT2D eigenvalue weighted by atomic mass is 9.82. The van der Waals surface area contributed by atoms with E-state index in [9.17, 15) is 9.59 Å². The van der Waals surface area contributed by atoms with E-state index in [0.29, 0.717) is 30.3 Å². The van der Waals surface area contributed by atoms with Crippen molar-refractivity contribution in [2.45, 2.75) is 72.3 Å². The Hall–Kier alpha value is -3.86. The van der Waals surface area contributed by atoms with E-state index in [1.54, 1.807) is 26.1 Å². The maximum atomic E-state index is 13.3. The van der Waals surface area contributed by atoms with Crippen LogP contribution in [-0.4, -0.2) is 41.0 Å². The Morgan fingerprint density at radius 1 is 1.16 bits per heavy atom. The number of hydrogen-bond acceptors (Lipinski definition) is 6. The number of aryl methyl sites for hydroxylation is 2. The summed E-state index contributed by atoms with van der Waals surface area (Å²) in [5.41, 5.74) is 4.91. The molecular weight excluding hydrogens is 468 g/mol. The third-order valence-electron chi connectivity index (χ3n) is 6.66. The van der Waals surface area contributed by atoms with Gasteiger partial charge >= 0.3 is 11.9 Å². The number of benzene rings is 1. The summed E-state index contributed by atoms with van der Waals surface area (Å²) in [6.45, 7) is 9.70. The molecule has 1 heterocycles. The van der Waals surface area contributed by atoms with Gasteiger partial charge in [-0.25, -0.2) is 4.98 Å². The van der Waals surface area contributed by atoms with E-state index in [-0.39, 0.29) is 17.7 Å². The first kappa shape index (κ1) is 27.7. The fraction of sp³-hybridized carbons (Fsp3) is 0.448. The molecular formula is C29H36N4O4. The highest BCUT2D eigenvalue weighted by molar-refractivity contribution is 6.11. The number of carboxylic acids is 1. The number of carboxylic acid groups (broad SMARTS) is 1. The van der Waals surface area contributed by atoms with Crippen LogP contribution in [0.25, 0.3) is 0 Å². The summed E-state index contributed by atoms with van der Waals surface area (Å²) in [5.74, 6) is 4.23. The summed E-state index contributed by atoms with van der Waals surface area (Å²) in [6, 6.07) is 7.64. The molecule has 0 aliphatic heterocycles. The molecule has 2 aliphatic carbocycles. The van der Waals surface area contributed by atoms with Crippen molar-refractivity contribution in [3.05, 3.63) is 46.6 Å². The molecule has 2 aromatic rings. The van der Waals surface area contributed by atoms with Gasteiger partial charge in [0.25, 0.3) is 0 Å². The van der Waals surface area contributed by atoms with Crippen molar-refractivity contribution in [1.29, 1.82) is 5.41 Å². The number of pyridine rings is 1. The monoisotopic (exact) mass is 504 g/mol. The number of aromatic nitrogens is 1. The predicted molar refractivity (Wildman–Crippen MR) is 146 cm³/mol. The van der Waals surface area contributed by atoms with E-state index < -0.39 is 17.8 Å². The highest BCUT2D eigenvalue weighted by atomic mass is 16.5. The van der Waals surface area contributed by atoms with Crippen LogP contribution in [0.2, 0.25) is 0 Å². The molecule has 2 fully saturated rings. The lowest BCUT2D eigenvalue weighted by molar-refractivity contribution is -0.148. The summed E-state index contributed by atoms with van der Waals surface area (Å²) in [4.78, 5) is 30.6. The topological polar surface area (TPSA) is 116 Å². The Morgan fingerprint density at radius 2 is 1.81 bits per heavy atom. The second-order valence-electron chi connectivity index (χ2n) is 9.18. The van der Waals surface area contributed by atoms with Gasteiger partial charge in [-0.05, 0) is 93.2 Å². The van der Waals surface area contributed by atoms with Gasteiger partial charge < -0.3 is 15.2 Å². The second kappa shape index (κ2) is 11.9. The van der Waals surface area contributed by atoms with E-state index in [0.717, 1.165) is 29.7 Å². The van der Waals surface area contributed by atoms with Gasteiger partial charge in [-0.2, -0.15) is 0 Å². The third-order valence-corrected chi connectivity index (χ3v) is 6.66. The average Bonchev–Trinajstić information content (AvgIpc) is 3.69. The van der Waals surface area contributed by atoms with Gasteiger partial charge in [0.1, 0.15) is 17.6 Å². The maximum Gasteiger partial charge on any atom is 0.308 e. The number of anilines is 3. The summed E-state index contributed by atoms with van der Waals surface area (Å²) < 4.78 is 5.74. The van der Waals surface area contributed by atoms with Crippen LogP contribution in [0.3, 0.4) is 0 Å². The summed E-state index contributed by atoms with van der Waals surface area (Å²) in [5, 5.41) is 20.7. The number of amides is 1. The molecule has 0 unspecified atom stereocenters. The molecule has 37 heavy (non-hydrogen) atoms. The molecule has 0 spiro atoms. The molecule has 3 N–H and O–H groups in total. The van der Waals surface area contributed by atoms with Crippen LogP contribution in [0.15, 0.2) is 24.3 Å². The number of nitrogens with zero attached hydrogens (tertiary/aromatic N) is 2. The predicted octanol–water partition coefficient (Wildman–Crippen LogP) is 5.54. The maximum absolute atomic E-state index is 13.3. The summed E-state index contributed by atoms with van der Waals surface area (Å²) in [7, 11) is 1.72. The molecule has 4 rings (SSSR count). The van der Waals surface area contributed by atoms with Crippen molar-refractivity contribution in [3.8, 4) is 11.8 Å². The molecule has 0 radical (unpaired) electrons. The largest absolute Gasteiger partial charge is 0.481 e. The van der Waals surface area contributed by atoms with Crippen LogP contribution in [0.5, 0.6) is 0 Å². The lowest BCUT2D eigenvalue weighted by Gasteiger charge is -2.32. The number of carbonyl (C=O) groups excluding carboxylic acids is 1. The fourth-order valence-electron chi connectivity index (χ4n) is 4.27. The molecule has 8 nitrogen and oxygen atoms in total. The first-order valence-electron chi connectivity index (χ1n) is 12.8. The number of nitrogens with one attached hydrogen (secondary N) is 2. The van der Waals surface area contributed by atoms with E-state index >= 15 is 0 Å². The number of hydrogen-bond donors (Lipinski definition) is 3. The number of ether oxygens (including phenoxy) is 1. The first-order valence-corrected chi connectivity index (χ1v) is 12.8. The molecule has 0 atom stereocenters. The Bertz CT molecular complexity index is 1250. The normalized spacial score (nSPS) is 17.7. The van der Waals surface area contributed by atoms with Gasteiger partial charge in [0.15, 0.2) is 0 Å². The van der Waals surface area contributed by atoms with Crippen molar-refractivity contribution >= 4 is 35.0 Å². The van der Waals surface area contributed by atoms with Gasteiger partial charge in [-0.1, -0.05) is 25.8 Å². The molecule has 8 heteroatoms. The van der Waals surface area contributed by atoms with Crippen molar-refractivity contribution in [2.24, 2.45) is 5.92 Å². The molecule has 1 amide bonds. The molecule has 2 saturated carbocycles. The SMILES string of the molecule is CC.CC#CC(=O)N(c1ccc(NC)c(C(=N)OC2CC(C(=O)O)C2)n1)c1cc(C)c(C)cc1C1CC1. The first-order chi connectivity index (χ1) is 17.7. The van der Waals surface area contributed by atoms with Crippen LogP contribution >= 0.6 is 0 Å². The average molecular weight is 505 g/mol. The molecule has 0 saturated heterocycles. The Kier molecular flexibility index (Phi) is 8.93. The van der Waals surface area contributed by atoms with Crippen molar-refractivity contribution in [2.75, 3.05) is 17.3 Å². The number of aliphatic carboxylic acids is 1. The quantitative estimate of drug-likeness (QED) is 0.259. The van der Waals surface area contributed by atoms with Crippen LogP contribution < -0.4 is 10.2 Å². The Labute approximate surface area is 218 Å². The molecule has 2 aliphatic rings. The van der Waals surface area contributed by atoms with Crippen LogP contribution in [0.4, 0.5) is 17.2 Å². The minimum atomic E-state index is -0.849. The van der Waals surface area contributed by atoms with E-state index in [2.05, 4.69) is 35.1 Å². The van der Waals surface area contributed by atoms with Gasteiger partial charge in [0, 0.05) is 7.05 Å². The summed E-state index contributed by atoms with van der Waals surface area (Å²) >= 11 is 0.